The highest BCUT2D eigenvalue weighted by atomic mass is 19.3. The lowest BCUT2D eigenvalue weighted by atomic mass is 10.1. The molecule has 0 spiro atoms. The molecule has 0 fully saturated rings. The van der Waals surface area contributed by atoms with Gasteiger partial charge in [0, 0.05) is 20.6 Å². The zero-order chi connectivity index (χ0) is 18.6. The van der Waals surface area contributed by atoms with Gasteiger partial charge >= 0.3 is 0 Å². The van der Waals surface area contributed by atoms with Crippen LogP contribution in [0.25, 0.3) is 11.0 Å². The van der Waals surface area contributed by atoms with Gasteiger partial charge in [-0.25, -0.2) is 18.7 Å². The third-order valence-electron chi connectivity index (χ3n) is 3.11. The van der Waals surface area contributed by atoms with Gasteiger partial charge in [-0.05, 0) is 13.8 Å². The average Bonchev–Trinajstić information content (AvgIpc) is 2.56. The molecule has 25 heavy (non-hydrogen) atoms. The topological polar surface area (TPSA) is 120 Å². The summed E-state index contributed by atoms with van der Waals surface area (Å²) in [5.74, 6) is 1.11. The molecule has 0 aliphatic rings. The quantitative estimate of drug-likeness (QED) is 0.477. The second-order valence-corrected chi connectivity index (χ2v) is 5.93. The van der Waals surface area contributed by atoms with E-state index in [1.54, 1.807) is 27.9 Å². The number of anilines is 4. The number of nitrogens with one attached hydrogen (secondary N) is 4. The van der Waals surface area contributed by atoms with Gasteiger partial charge in [0.15, 0.2) is 11.6 Å². The van der Waals surface area contributed by atoms with Gasteiger partial charge in [0.1, 0.15) is 11.0 Å². The largest absolute Gasteiger partial charge is 0.389 e. The zero-order valence-corrected chi connectivity index (χ0v) is 14.5. The molecule has 0 aliphatic carbocycles. The van der Waals surface area contributed by atoms with Crippen molar-refractivity contribution >= 4 is 34.6 Å². The Balaban J connectivity index is 2.46. The number of hydrogen-bond donors (Lipinski definition) is 5. The number of aromatic nitrogens is 4. The molecular formula is C14H22F2N8O. The van der Waals surface area contributed by atoms with Crippen LogP contribution in [-0.2, 0) is 0 Å². The van der Waals surface area contributed by atoms with E-state index in [-0.39, 0.29) is 18.4 Å². The molecule has 2 rings (SSSR count). The molecule has 0 saturated heterocycles. The van der Waals surface area contributed by atoms with Crippen LogP contribution in [0.2, 0.25) is 0 Å². The number of rotatable bonds is 8. The molecule has 138 valence electrons. The lowest BCUT2D eigenvalue weighted by molar-refractivity contribution is 0.0943. The van der Waals surface area contributed by atoms with Gasteiger partial charge in [0.25, 0.3) is 6.43 Å². The Labute approximate surface area is 143 Å². The molecule has 9 nitrogen and oxygen atoms in total. The number of hydrogen-bond acceptors (Lipinski definition) is 9. The van der Waals surface area contributed by atoms with E-state index in [0.29, 0.717) is 22.7 Å². The third-order valence-corrected chi connectivity index (χ3v) is 3.11. The fourth-order valence-corrected chi connectivity index (χ4v) is 1.99. The van der Waals surface area contributed by atoms with Crippen LogP contribution in [0, 0.1) is 0 Å². The number of fused-ring (bicyclic) bond motifs is 1. The first-order chi connectivity index (χ1) is 11.7. The van der Waals surface area contributed by atoms with Crippen LogP contribution in [0.3, 0.4) is 0 Å². The highest BCUT2D eigenvalue weighted by Crippen LogP contribution is 2.26. The van der Waals surface area contributed by atoms with Crippen LogP contribution in [0.4, 0.5) is 32.3 Å². The maximum Gasteiger partial charge on any atom is 0.255 e. The Morgan fingerprint density at radius 1 is 0.920 bits per heavy atom. The summed E-state index contributed by atoms with van der Waals surface area (Å²) in [4.78, 5) is 17.0. The van der Waals surface area contributed by atoms with Crippen LogP contribution in [0.15, 0.2) is 0 Å². The van der Waals surface area contributed by atoms with Crippen molar-refractivity contribution in [1.29, 1.82) is 0 Å². The smallest absolute Gasteiger partial charge is 0.255 e. The van der Waals surface area contributed by atoms with E-state index in [2.05, 4.69) is 41.2 Å². The fourth-order valence-electron chi connectivity index (χ4n) is 1.99. The molecule has 0 aromatic carbocycles. The molecule has 0 unspecified atom stereocenters. The van der Waals surface area contributed by atoms with Gasteiger partial charge in [-0.3, -0.25) is 0 Å². The molecule has 0 saturated carbocycles. The Hall–Kier alpha value is -2.56. The predicted molar refractivity (Wildman–Crippen MR) is 93.5 cm³/mol. The fraction of sp³-hybridized carbons (Fsp3) is 0.571. The van der Waals surface area contributed by atoms with E-state index in [1.807, 2.05) is 0 Å². The summed E-state index contributed by atoms with van der Waals surface area (Å²) in [6, 6.07) is 0. The van der Waals surface area contributed by atoms with Crippen molar-refractivity contribution in [3.63, 3.8) is 0 Å². The summed E-state index contributed by atoms with van der Waals surface area (Å²) in [6.07, 6.45) is -2.52. The Morgan fingerprint density at radius 3 is 1.80 bits per heavy atom. The maximum atomic E-state index is 12.4. The molecule has 2 aromatic heterocycles. The van der Waals surface area contributed by atoms with Crippen LogP contribution < -0.4 is 21.3 Å². The van der Waals surface area contributed by atoms with Crippen LogP contribution in [0.1, 0.15) is 13.8 Å². The van der Waals surface area contributed by atoms with Crippen LogP contribution >= 0.6 is 0 Å². The number of halogens is 2. The molecule has 0 bridgehead atoms. The van der Waals surface area contributed by atoms with Gasteiger partial charge in [0.05, 0.1) is 12.1 Å². The maximum absolute atomic E-state index is 12.4. The van der Waals surface area contributed by atoms with Gasteiger partial charge in [0.2, 0.25) is 11.9 Å². The third kappa shape index (κ3) is 4.95. The first kappa shape index (κ1) is 18.8. The Morgan fingerprint density at radius 2 is 1.40 bits per heavy atom. The normalized spacial score (nSPS) is 11.7. The second kappa shape index (κ2) is 7.55. The van der Waals surface area contributed by atoms with Crippen molar-refractivity contribution in [2.45, 2.75) is 25.9 Å². The lowest BCUT2D eigenvalue weighted by Gasteiger charge is -2.18. The molecule has 0 amide bonds. The first-order valence-electron chi connectivity index (χ1n) is 7.67. The summed E-state index contributed by atoms with van der Waals surface area (Å²) < 4.78 is 24.8. The Bertz CT molecular complexity index is 735. The van der Waals surface area contributed by atoms with Crippen molar-refractivity contribution < 1.29 is 13.9 Å². The van der Waals surface area contributed by atoms with E-state index in [4.69, 9.17) is 0 Å². The molecule has 2 heterocycles. The lowest BCUT2D eigenvalue weighted by Crippen LogP contribution is -2.30. The number of alkyl halides is 2. The molecule has 0 aliphatic heterocycles. The van der Waals surface area contributed by atoms with E-state index >= 15 is 0 Å². The van der Waals surface area contributed by atoms with Crippen molar-refractivity contribution in [1.82, 2.24) is 19.9 Å². The summed E-state index contributed by atoms with van der Waals surface area (Å²) in [6.45, 7) is 2.99. The Kier molecular flexibility index (Phi) is 5.67. The van der Waals surface area contributed by atoms with Crippen molar-refractivity contribution in [2.24, 2.45) is 0 Å². The standard InChI is InChI=1S/C14H22F2N8O/c1-14(2,25)6-20-13-22-9-8(11(18-4)24-13)21-12(19-5-7(15)16)23-10(9)17-3/h7,25H,5-6H2,1-4H3,(H2,17,19,21,23)(H2,18,20,22,24). The minimum atomic E-state index is -2.52. The minimum absolute atomic E-state index is 0.0504. The summed E-state index contributed by atoms with van der Waals surface area (Å²) in [5.41, 5.74) is -0.140. The van der Waals surface area contributed by atoms with E-state index in [0.717, 1.165) is 0 Å². The highest BCUT2D eigenvalue weighted by molar-refractivity contribution is 5.94. The van der Waals surface area contributed by atoms with Crippen molar-refractivity contribution in [3.8, 4) is 0 Å². The minimum Gasteiger partial charge on any atom is -0.389 e. The molecule has 2 aromatic rings. The van der Waals surface area contributed by atoms with Gasteiger partial charge in [-0.2, -0.15) is 9.97 Å². The van der Waals surface area contributed by atoms with Gasteiger partial charge in [-0.15, -0.1) is 0 Å². The van der Waals surface area contributed by atoms with E-state index in [1.165, 1.54) is 0 Å². The summed E-state index contributed by atoms with van der Waals surface area (Å²) in [5, 5.41) is 21.0. The molecular weight excluding hydrogens is 334 g/mol. The SMILES string of the molecule is CNc1nc(NCC(C)(C)O)nc2c(NC)nc(NCC(F)F)nc12. The second-order valence-electron chi connectivity index (χ2n) is 5.93. The highest BCUT2D eigenvalue weighted by Gasteiger charge is 2.17. The van der Waals surface area contributed by atoms with Gasteiger partial charge in [-0.1, -0.05) is 0 Å². The molecule has 0 radical (unpaired) electrons. The van der Waals surface area contributed by atoms with Crippen LogP contribution in [-0.4, -0.2) is 64.3 Å². The van der Waals surface area contributed by atoms with Crippen molar-refractivity contribution in [3.05, 3.63) is 0 Å². The molecule has 11 heteroatoms. The molecule has 5 N–H and O–H groups in total. The summed E-state index contributed by atoms with van der Waals surface area (Å²) in [7, 11) is 3.30. The summed E-state index contributed by atoms with van der Waals surface area (Å²) >= 11 is 0. The van der Waals surface area contributed by atoms with Crippen LogP contribution in [0.5, 0.6) is 0 Å². The number of aliphatic hydroxyl groups is 1. The predicted octanol–water partition coefficient (Wildman–Crippen LogP) is 1.36. The van der Waals surface area contributed by atoms with Gasteiger partial charge < -0.3 is 26.4 Å². The van der Waals surface area contributed by atoms with E-state index in [9.17, 15) is 13.9 Å². The van der Waals surface area contributed by atoms with E-state index < -0.39 is 18.6 Å². The monoisotopic (exact) mass is 356 g/mol. The number of nitrogens with zero attached hydrogens (tertiary/aromatic N) is 4. The zero-order valence-electron chi connectivity index (χ0n) is 14.5. The first-order valence-corrected chi connectivity index (χ1v) is 7.67. The molecule has 0 atom stereocenters. The average molecular weight is 356 g/mol. The van der Waals surface area contributed by atoms with Crippen molar-refractivity contribution in [2.75, 3.05) is 48.5 Å².